The van der Waals surface area contributed by atoms with E-state index in [-0.39, 0.29) is 0 Å². The Balaban J connectivity index is 1.62. The Hall–Kier alpha value is -1.18. The van der Waals surface area contributed by atoms with Crippen LogP contribution in [0.2, 0.25) is 0 Å². The van der Waals surface area contributed by atoms with Gasteiger partial charge >= 0.3 is 0 Å². The molecule has 2 aliphatic rings. The second kappa shape index (κ2) is 5.21. The monoisotopic (exact) mass is 244 g/mol. The van der Waals surface area contributed by atoms with Crippen molar-refractivity contribution in [2.75, 3.05) is 23.3 Å². The molecule has 1 heterocycles. The van der Waals surface area contributed by atoms with Gasteiger partial charge in [0.1, 0.15) is 0 Å². The fraction of sp³-hybridized carbons (Fsp3) is 0.625. The van der Waals surface area contributed by atoms with Crippen molar-refractivity contribution in [1.82, 2.24) is 0 Å². The maximum atomic E-state index is 3.69. The van der Waals surface area contributed by atoms with Gasteiger partial charge in [0.05, 0.1) is 0 Å². The van der Waals surface area contributed by atoms with E-state index in [1.54, 1.807) is 0 Å². The molecule has 0 amide bonds. The first-order valence-electron chi connectivity index (χ1n) is 7.48. The van der Waals surface area contributed by atoms with Crippen LogP contribution in [0.15, 0.2) is 24.3 Å². The van der Waals surface area contributed by atoms with Gasteiger partial charge in [0.15, 0.2) is 0 Å². The van der Waals surface area contributed by atoms with E-state index >= 15 is 0 Å². The summed E-state index contributed by atoms with van der Waals surface area (Å²) in [5, 5.41) is 3.69. The highest BCUT2D eigenvalue weighted by Crippen LogP contribution is 2.35. The smallest absolute Gasteiger partial charge is 0.0367 e. The highest BCUT2D eigenvalue weighted by molar-refractivity contribution is 5.55. The molecule has 2 nitrogen and oxygen atoms in total. The Morgan fingerprint density at radius 2 is 1.83 bits per heavy atom. The van der Waals surface area contributed by atoms with Gasteiger partial charge in [0.25, 0.3) is 0 Å². The zero-order valence-corrected chi connectivity index (χ0v) is 11.4. The Kier molecular flexibility index (Phi) is 3.44. The summed E-state index contributed by atoms with van der Waals surface area (Å²) in [5.74, 6) is 0.924. The van der Waals surface area contributed by atoms with E-state index in [0.717, 1.165) is 5.92 Å². The van der Waals surface area contributed by atoms with Crippen molar-refractivity contribution in [3.63, 3.8) is 0 Å². The molecule has 1 atom stereocenters. The predicted molar refractivity (Wildman–Crippen MR) is 78.3 cm³/mol. The van der Waals surface area contributed by atoms with E-state index in [9.17, 15) is 0 Å². The van der Waals surface area contributed by atoms with Gasteiger partial charge in [-0.2, -0.15) is 0 Å². The van der Waals surface area contributed by atoms with E-state index in [1.807, 2.05) is 0 Å². The van der Waals surface area contributed by atoms with Gasteiger partial charge in [0.2, 0.25) is 0 Å². The van der Waals surface area contributed by atoms with Crippen molar-refractivity contribution in [3.05, 3.63) is 24.3 Å². The topological polar surface area (TPSA) is 15.3 Å². The molecular formula is C16H24N2. The van der Waals surface area contributed by atoms with Gasteiger partial charge in [0, 0.05) is 30.5 Å². The summed E-state index contributed by atoms with van der Waals surface area (Å²) in [7, 11) is 0. The summed E-state index contributed by atoms with van der Waals surface area (Å²) in [5.41, 5.74) is 2.68. The summed E-state index contributed by atoms with van der Waals surface area (Å²) in [4.78, 5) is 2.49. The van der Waals surface area contributed by atoms with Crippen molar-refractivity contribution < 1.29 is 0 Å². The third-order valence-electron chi connectivity index (χ3n) is 4.32. The van der Waals surface area contributed by atoms with Gasteiger partial charge in [-0.25, -0.2) is 0 Å². The van der Waals surface area contributed by atoms with Crippen molar-refractivity contribution in [3.8, 4) is 0 Å². The summed E-state index contributed by atoms with van der Waals surface area (Å²) >= 11 is 0. The molecule has 1 N–H and O–H groups in total. The lowest BCUT2D eigenvalue weighted by Crippen LogP contribution is -2.21. The van der Waals surface area contributed by atoms with E-state index in [0.29, 0.717) is 6.04 Å². The fourth-order valence-electron chi connectivity index (χ4n) is 3.01. The normalized spacial score (nSPS) is 21.1. The molecule has 1 aromatic rings. The van der Waals surface area contributed by atoms with Crippen LogP contribution in [0.25, 0.3) is 0 Å². The third kappa shape index (κ3) is 2.63. The standard InChI is InChI=1S/C16H24N2/c1-2-16(13-5-6-13)17-14-7-9-15(10-8-14)18-11-3-4-12-18/h7-10,13,16-17H,2-6,11-12H2,1H3. The summed E-state index contributed by atoms with van der Waals surface area (Å²) in [6.07, 6.45) is 6.76. The lowest BCUT2D eigenvalue weighted by Gasteiger charge is -2.20. The lowest BCUT2D eigenvalue weighted by molar-refractivity contribution is 0.616. The van der Waals surface area contributed by atoms with Crippen molar-refractivity contribution in [2.45, 2.75) is 45.1 Å². The first-order chi connectivity index (χ1) is 8.86. The highest BCUT2D eigenvalue weighted by atomic mass is 15.1. The van der Waals surface area contributed by atoms with E-state index in [2.05, 4.69) is 41.4 Å². The highest BCUT2D eigenvalue weighted by Gasteiger charge is 2.29. The molecule has 3 rings (SSSR count). The van der Waals surface area contributed by atoms with Crippen LogP contribution in [-0.2, 0) is 0 Å². The molecule has 1 unspecified atom stereocenters. The Labute approximate surface area is 110 Å². The third-order valence-corrected chi connectivity index (χ3v) is 4.32. The van der Waals surface area contributed by atoms with E-state index in [4.69, 9.17) is 0 Å². The maximum absolute atomic E-state index is 3.69. The number of anilines is 2. The van der Waals surface area contributed by atoms with Crippen molar-refractivity contribution >= 4 is 11.4 Å². The van der Waals surface area contributed by atoms with E-state index in [1.165, 1.54) is 56.6 Å². The maximum Gasteiger partial charge on any atom is 0.0367 e. The molecule has 2 heteroatoms. The minimum atomic E-state index is 0.683. The first kappa shape index (κ1) is 11.9. The molecular weight excluding hydrogens is 220 g/mol. The van der Waals surface area contributed by atoms with Crippen molar-refractivity contribution in [1.29, 1.82) is 0 Å². The van der Waals surface area contributed by atoms with Gasteiger partial charge in [-0.05, 0) is 62.3 Å². The zero-order chi connectivity index (χ0) is 12.4. The predicted octanol–water partition coefficient (Wildman–Crippen LogP) is 3.89. The van der Waals surface area contributed by atoms with Crippen LogP contribution >= 0.6 is 0 Å². The van der Waals surface area contributed by atoms with Gasteiger partial charge in [-0.1, -0.05) is 6.92 Å². The average molecular weight is 244 g/mol. The molecule has 1 aromatic carbocycles. The quantitative estimate of drug-likeness (QED) is 0.845. The van der Waals surface area contributed by atoms with Crippen LogP contribution in [0.1, 0.15) is 39.0 Å². The molecule has 0 bridgehead atoms. The SMILES string of the molecule is CCC(Nc1ccc(N2CCCC2)cc1)C1CC1. The van der Waals surface area contributed by atoms with Gasteiger partial charge < -0.3 is 10.2 Å². The molecule has 0 aromatic heterocycles. The van der Waals surface area contributed by atoms with Gasteiger partial charge in [-0.15, -0.1) is 0 Å². The van der Waals surface area contributed by atoms with E-state index < -0.39 is 0 Å². The average Bonchev–Trinajstić information content (AvgIpc) is 3.11. The first-order valence-corrected chi connectivity index (χ1v) is 7.48. The Morgan fingerprint density at radius 3 is 2.39 bits per heavy atom. The van der Waals surface area contributed by atoms with Crippen LogP contribution in [0, 0.1) is 5.92 Å². The minimum Gasteiger partial charge on any atom is -0.382 e. The summed E-state index contributed by atoms with van der Waals surface area (Å²) < 4.78 is 0. The number of nitrogens with zero attached hydrogens (tertiary/aromatic N) is 1. The molecule has 98 valence electrons. The van der Waals surface area contributed by atoms with Crippen LogP contribution in [0.4, 0.5) is 11.4 Å². The number of benzene rings is 1. The number of hydrogen-bond donors (Lipinski definition) is 1. The molecule has 2 fully saturated rings. The van der Waals surface area contributed by atoms with Crippen LogP contribution in [-0.4, -0.2) is 19.1 Å². The van der Waals surface area contributed by atoms with Crippen LogP contribution in [0.5, 0.6) is 0 Å². The number of rotatable bonds is 5. The van der Waals surface area contributed by atoms with Crippen molar-refractivity contribution in [2.24, 2.45) is 5.92 Å². The van der Waals surface area contributed by atoms with Crippen LogP contribution in [0.3, 0.4) is 0 Å². The zero-order valence-electron chi connectivity index (χ0n) is 11.4. The molecule has 1 aliphatic heterocycles. The minimum absolute atomic E-state index is 0.683. The number of nitrogens with one attached hydrogen (secondary N) is 1. The number of hydrogen-bond acceptors (Lipinski definition) is 2. The largest absolute Gasteiger partial charge is 0.382 e. The molecule has 0 radical (unpaired) electrons. The molecule has 1 saturated carbocycles. The fourth-order valence-corrected chi connectivity index (χ4v) is 3.01. The van der Waals surface area contributed by atoms with Gasteiger partial charge in [-0.3, -0.25) is 0 Å². The second-order valence-corrected chi connectivity index (χ2v) is 5.74. The molecule has 0 spiro atoms. The Morgan fingerprint density at radius 1 is 1.17 bits per heavy atom. The summed E-state index contributed by atoms with van der Waals surface area (Å²) in [6.45, 7) is 4.74. The molecule has 1 aliphatic carbocycles. The van der Waals surface area contributed by atoms with Crippen LogP contribution < -0.4 is 10.2 Å². The lowest BCUT2D eigenvalue weighted by atomic mass is 10.1. The summed E-state index contributed by atoms with van der Waals surface area (Å²) in [6, 6.07) is 9.72. The Bertz CT molecular complexity index is 375. The molecule has 18 heavy (non-hydrogen) atoms. The second-order valence-electron chi connectivity index (χ2n) is 5.74. The molecule has 1 saturated heterocycles.